The third-order valence-corrected chi connectivity index (χ3v) is 9.81. The highest BCUT2D eigenvalue weighted by Gasteiger charge is 2.64. The molecule has 0 aromatic carbocycles. The maximum atomic E-state index is 13.7. The van der Waals surface area contributed by atoms with Crippen molar-refractivity contribution in [2.45, 2.75) is 68.3 Å². The molecule has 0 radical (unpaired) electrons. The van der Waals surface area contributed by atoms with Crippen LogP contribution in [0.25, 0.3) is 0 Å². The summed E-state index contributed by atoms with van der Waals surface area (Å²) in [7, 11) is -1.84. The van der Waals surface area contributed by atoms with E-state index in [1.807, 2.05) is 0 Å². The normalized spacial score (nSPS) is 26.4. The Kier molecular flexibility index (Phi) is 4.27. The molecule has 28 heavy (non-hydrogen) atoms. The number of aryl methyl sites for hydroxylation is 1. The zero-order chi connectivity index (χ0) is 20.5. The Morgan fingerprint density at radius 1 is 1.32 bits per heavy atom. The molecule has 1 saturated carbocycles. The average molecular weight is 412 g/mol. The highest BCUT2D eigenvalue weighted by atomic mass is 32.2. The van der Waals surface area contributed by atoms with Crippen LogP contribution in [-0.4, -0.2) is 70.1 Å². The first kappa shape index (κ1) is 19.8. The van der Waals surface area contributed by atoms with Gasteiger partial charge in [0, 0.05) is 25.7 Å². The summed E-state index contributed by atoms with van der Waals surface area (Å²) in [6, 6.07) is 0. The number of hydrogen-bond donors (Lipinski definition) is 0. The van der Waals surface area contributed by atoms with Gasteiger partial charge in [-0.15, -0.1) is 0 Å². The van der Waals surface area contributed by atoms with Gasteiger partial charge in [-0.1, -0.05) is 0 Å². The van der Waals surface area contributed by atoms with E-state index in [0.29, 0.717) is 31.5 Å². The molecule has 2 aliphatic heterocycles. The Morgan fingerprint density at radius 2 is 2.00 bits per heavy atom. The lowest BCUT2D eigenvalue weighted by Crippen LogP contribution is -2.55. The van der Waals surface area contributed by atoms with E-state index >= 15 is 0 Å². The van der Waals surface area contributed by atoms with Crippen LogP contribution in [0.4, 0.5) is 0 Å². The quantitative estimate of drug-likeness (QED) is 0.725. The molecule has 8 nitrogen and oxygen atoms in total. The number of ether oxygens (including phenoxy) is 2. The molecule has 0 N–H and O–H groups in total. The molecule has 1 amide bonds. The lowest BCUT2D eigenvalue weighted by Gasteiger charge is -2.37. The van der Waals surface area contributed by atoms with Crippen molar-refractivity contribution in [1.82, 2.24) is 14.7 Å². The van der Waals surface area contributed by atoms with Crippen molar-refractivity contribution in [3.05, 3.63) is 17.5 Å². The van der Waals surface area contributed by atoms with Gasteiger partial charge in [-0.05, 0) is 47.0 Å². The van der Waals surface area contributed by atoms with Gasteiger partial charge in [-0.25, -0.2) is 8.42 Å². The van der Waals surface area contributed by atoms with E-state index in [1.54, 1.807) is 50.5 Å². The van der Waals surface area contributed by atoms with Crippen LogP contribution in [0.15, 0.2) is 6.20 Å². The minimum absolute atomic E-state index is 0.137. The molecule has 0 bridgehead atoms. The molecular weight excluding hydrogens is 382 g/mol. The van der Waals surface area contributed by atoms with Crippen LogP contribution in [0.1, 0.15) is 56.6 Å². The fourth-order valence-electron chi connectivity index (χ4n) is 4.36. The van der Waals surface area contributed by atoms with E-state index in [4.69, 9.17) is 9.47 Å². The standard InChI is InChI=1S/C19H29N3O5S/c1-17(2,14-11-26-18(3,4)27-14)28(24,25)19(7-8-19)12-22-9-6-13-10-20-21(5)15(13)16(22)23/h10,14H,6-9,11-12H2,1-5H3. The predicted octanol–water partition coefficient (Wildman–Crippen LogP) is 1.30. The molecule has 1 aromatic rings. The fraction of sp³-hybridized carbons (Fsp3) is 0.789. The van der Waals surface area contributed by atoms with Crippen molar-refractivity contribution >= 4 is 15.7 Å². The summed E-state index contributed by atoms with van der Waals surface area (Å²) >= 11 is 0. The van der Waals surface area contributed by atoms with Gasteiger partial charge in [0.25, 0.3) is 5.91 Å². The smallest absolute Gasteiger partial charge is 0.272 e. The van der Waals surface area contributed by atoms with Gasteiger partial charge in [-0.2, -0.15) is 5.10 Å². The third kappa shape index (κ3) is 2.81. The Balaban J connectivity index is 1.57. The van der Waals surface area contributed by atoms with E-state index in [0.717, 1.165) is 5.56 Å². The number of amides is 1. The first-order valence-corrected chi connectivity index (χ1v) is 11.2. The lowest BCUT2D eigenvalue weighted by atomic mass is 10.1. The highest BCUT2D eigenvalue weighted by Crippen LogP contribution is 2.51. The van der Waals surface area contributed by atoms with Crippen molar-refractivity contribution < 1.29 is 22.7 Å². The molecule has 9 heteroatoms. The largest absolute Gasteiger partial charge is 0.348 e. The van der Waals surface area contributed by atoms with Crippen LogP contribution in [0.5, 0.6) is 0 Å². The molecule has 3 aliphatic rings. The molecule has 3 heterocycles. The second-order valence-corrected chi connectivity index (χ2v) is 12.2. The van der Waals surface area contributed by atoms with Crippen molar-refractivity contribution in [1.29, 1.82) is 0 Å². The van der Waals surface area contributed by atoms with Crippen molar-refractivity contribution in [2.75, 3.05) is 19.7 Å². The first-order valence-electron chi connectivity index (χ1n) is 9.76. The van der Waals surface area contributed by atoms with E-state index in [1.165, 1.54) is 0 Å². The van der Waals surface area contributed by atoms with Crippen LogP contribution in [0.2, 0.25) is 0 Å². The van der Waals surface area contributed by atoms with Gasteiger partial charge >= 0.3 is 0 Å². The Hall–Kier alpha value is -1.45. The molecule has 1 unspecified atom stereocenters. The number of carbonyl (C=O) groups excluding carboxylic acids is 1. The number of carbonyl (C=O) groups is 1. The van der Waals surface area contributed by atoms with Gasteiger partial charge in [-0.3, -0.25) is 9.48 Å². The molecule has 1 atom stereocenters. The number of fused-ring (bicyclic) bond motifs is 1. The van der Waals surface area contributed by atoms with Gasteiger partial charge in [0.05, 0.1) is 22.3 Å². The molecule has 2 fully saturated rings. The van der Waals surface area contributed by atoms with Gasteiger partial charge < -0.3 is 14.4 Å². The van der Waals surface area contributed by atoms with Crippen molar-refractivity contribution in [2.24, 2.45) is 7.05 Å². The second-order valence-electron chi connectivity index (χ2n) is 9.23. The highest BCUT2D eigenvalue weighted by molar-refractivity contribution is 7.94. The van der Waals surface area contributed by atoms with Crippen LogP contribution < -0.4 is 0 Å². The van der Waals surface area contributed by atoms with Gasteiger partial charge in [0.15, 0.2) is 15.6 Å². The zero-order valence-electron chi connectivity index (χ0n) is 17.2. The summed E-state index contributed by atoms with van der Waals surface area (Å²) in [4.78, 5) is 14.6. The number of nitrogens with zero attached hydrogens (tertiary/aromatic N) is 3. The SMILES string of the molecule is Cn1ncc2c1C(=O)N(CC1(S(=O)(=O)C(C)(C)C3COC(C)(C)O3)CC1)CC2. The molecule has 0 spiro atoms. The van der Waals surface area contributed by atoms with Crippen LogP contribution >= 0.6 is 0 Å². The number of aromatic nitrogens is 2. The van der Waals surface area contributed by atoms with Gasteiger partial charge in [0.1, 0.15) is 11.8 Å². The zero-order valence-corrected chi connectivity index (χ0v) is 18.0. The number of hydrogen-bond acceptors (Lipinski definition) is 6. The summed E-state index contributed by atoms with van der Waals surface area (Å²) in [5.41, 5.74) is 1.49. The monoisotopic (exact) mass is 411 g/mol. The summed E-state index contributed by atoms with van der Waals surface area (Å²) in [6.45, 7) is 8.01. The lowest BCUT2D eigenvalue weighted by molar-refractivity contribution is -0.141. The summed E-state index contributed by atoms with van der Waals surface area (Å²) in [5.74, 6) is -0.922. The minimum Gasteiger partial charge on any atom is -0.348 e. The van der Waals surface area contributed by atoms with Crippen LogP contribution in [0, 0.1) is 0 Å². The third-order valence-electron chi connectivity index (χ3n) is 6.49. The fourth-order valence-corrected chi connectivity index (χ4v) is 6.90. The average Bonchev–Trinajstić information content (AvgIpc) is 3.17. The number of rotatable bonds is 5. The second kappa shape index (κ2) is 6.03. The summed E-state index contributed by atoms with van der Waals surface area (Å²) < 4.78 is 38.5. The summed E-state index contributed by atoms with van der Waals surface area (Å²) in [5, 5.41) is 4.17. The predicted molar refractivity (Wildman–Crippen MR) is 103 cm³/mol. The van der Waals surface area contributed by atoms with Crippen LogP contribution in [-0.2, 0) is 32.8 Å². The number of sulfone groups is 1. The Labute approximate surface area is 166 Å². The first-order chi connectivity index (χ1) is 12.9. The molecule has 1 aliphatic carbocycles. The Bertz CT molecular complexity index is 914. The maximum Gasteiger partial charge on any atom is 0.272 e. The maximum absolute atomic E-state index is 13.7. The summed E-state index contributed by atoms with van der Waals surface area (Å²) in [6.07, 6.45) is 3.01. The van der Waals surface area contributed by atoms with Crippen LogP contribution in [0.3, 0.4) is 0 Å². The van der Waals surface area contributed by atoms with Gasteiger partial charge in [0.2, 0.25) is 0 Å². The van der Waals surface area contributed by atoms with E-state index in [-0.39, 0.29) is 19.1 Å². The molecule has 1 aromatic heterocycles. The topological polar surface area (TPSA) is 90.7 Å². The Morgan fingerprint density at radius 3 is 2.57 bits per heavy atom. The molecular formula is C19H29N3O5S. The van der Waals surface area contributed by atoms with Crippen molar-refractivity contribution in [3.63, 3.8) is 0 Å². The van der Waals surface area contributed by atoms with E-state index in [9.17, 15) is 13.2 Å². The minimum atomic E-state index is -3.58. The van der Waals surface area contributed by atoms with E-state index < -0.39 is 31.2 Å². The molecule has 4 rings (SSSR count). The molecule has 1 saturated heterocycles. The van der Waals surface area contributed by atoms with E-state index in [2.05, 4.69) is 5.10 Å². The molecule has 156 valence electrons. The van der Waals surface area contributed by atoms with Crippen molar-refractivity contribution in [3.8, 4) is 0 Å².